The molecule has 3 unspecified atom stereocenters. The Balaban J connectivity index is 2.02. The number of rotatable bonds is 7. The molecule has 2 aromatic rings. The first kappa shape index (κ1) is 25.9. The molecule has 0 N–H and O–H groups in total. The van der Waals surface area contributed by atoms with E-state index in [1.54, 1.807) is 6.92 Å². The van der Waals surface area contributed by atoms with Crippen LogP contribution in [0, 0.1) is 31.6 Å². The summed E-state index contributed by atoms with van der Waals surface area (Å²) in [5, 5.41) is 3.78. The lowest BCUT2D eigenvalue weighted by molar-refractivity contribution is -0.139. The van der Waals surface area contributed by atoms with E-state index in [-0.39, 0.29) is 40.4 Å². The summed E-state index contributed by atoms with van der Waals surface area (Å²) in [6, 6.07) is 4.05. The predicted octanol–water partition coefficient (Wildman–Crippen LogP) is 1.93. The van der Waals surface area contributed by atoms with Gasteiger partial charge in [0, 0.05) is 41.7 Å². The molecular formula is C22H25NO9S2. The van der Waals surface area contributed by atoms with Gasteiger partial charge in [-0.05, 0) is 31.5 Å². The molecular weight excluding hydrogens is 486 g/mol. The first-order valence-corrected chi connectivity index (χ1v) is 14.0. The van der Waals surface area contributed by atoms with E-state index in [1.165, 1.54) is 32.0 Å². The third-order valence-corrected chi connectivity index (χ3v) is 7.65. The molecule has 0 bridgehead atoms. The van der Waals surface area contributed by atoms with Crippen LogP contribution in [0.1, 0.15) is 35.0 Å². The first-order chi connectivity index (χ1) is 15.6. The minimum Gasteiger partial charge on any atom is -0.356 e. The fourth-order valence-electron chi connectivity index (χ4n) is 4.10. The Kier molecular flexibility index (Phi) is 6.98. The molecule has 1 saturated carbocycles. The third kappa shape index (κ3) is 5.18. The van der Waals surface area contributed by atoms with Crippen molar-refractivity contribution in [1.82, 2.24) is 5.16 Å². The lowest BCUT2D eigenvalue weighted by atomic mass is 9.70. The van der Waals surface area contributed by atoms with E-state index in [9.17, 15) is 31.2 Å². The Labute approximate surface area is 197 Å². The van der Waals surface area contributed by atoms with Crippen molar-refractivity contribution < 1.29 is 39.9 Å². The number of hydrogen-bond acceptors (Lipinski definition) is 10. The van der Waals surface area contributed by atoms with Crippen LogP contribution >= 0.6 is 0 Å². The van der Waals surface area contributed by atoms with Crippen molar-refractivity contribution in [2.45, 2.75) is 32.1 Å². The SMILES string of the molecule is Cc1cc(-c2c(S(C)(=O)=O)ccc(C(=O)C3C(=O)CC(COS(C)(=O)=O)C(C)C3=O)c2C)on1. The van der Waals surface area contributed by atoms with E-state index in [0.717, 1.165) is 12.5 Å². The second kappa shape index (κ2) is 9.16. The van der Waals surface area contributed by atoms with Crippen molar-refractivity contribution in [3.05, 3.63) is 35.0 Å². The first-order valence-electron chi connectivity index (χ1n) is 10.3. The fraction of sp³-hybridized carbons (Fsp3) is 0.455. The molecule has 1 aliphatic rings. The van der Waals surface area contributed by atoms with Gasteiger partial charge in [0.25, 0.3) is 10.1 Å². The van der Waals surface area contributed by atoms with Gasteiger partial charge in [-0.2, -0.15) is 8.42 Å². The molecule has 12 heteroatoms. The van der Waals surface area contributed by atoms with Crippen molar-refractivity contribution in [2.24, 2.45) is 17.8 Å². The van der Waals surface area contributed by atoms with Crippen molar-refractivity contribution in [2.75, 3.05) is 19.1 Å². The highest BCUT2D eigenvalue weighted by atomic mass is 32.2. The Morgan fingerprint density at radius 1 is 1.15 bits per heavy atom. The summed E-state index contributed by atoms with van der Waals surface area (Å²) in [6.45, 7) is 4.35. The highest BCUT2D eigenvalue weighted by Crippen LogP contribution is 2.36. The molecule has 184 valence electrons. The zero-order valence-corrected chi connectivity index (χ0v) is 20.9. The van der Waals surface area contributed by atoms with Gasteiger partial charge < -0.3 is 4.52 Å². The van der Waals surface area contributed by atoms with Gasteiger partial charge in [0.2, 0.25) is 0 Å². The number of sulfone groups is 1. The van der Waals surface area contributed by atoms with E-state index in [4.69, 9.17) is 8.71 Å². The van der Waals surface area contributed by atoms with Gasteiger partial charge in [0.05, 0.1) is 23.5 Å². The molecule has 1 aromatic heterocycles. The molecule has 0 saturated heterocycles. The van der Waals surface area contributed by atoms with Gasteiger partial charge >= 0.3 is 0 Å². The monoisotopic (exact) mass is 511 g/mol. The largest absolute Gasteiger partial charge is 0.356 e. The van der Waals surface area contributed by atoms with Crippen LogP contribution in [0.25, 0.3) is 11.3 Å². The second-order valence-electron chi connectivity index (χ2n) is 8.62. The van der Waals surface area contributed by atoms with Gasteiger partial charge in [0.15, 0.2) is 32.9 Å². The molecule has 1 heterocycles. The average molecular weight is 512 g/mol. The number of ketones is 3. The second-order valence-corrected chi connectivity index (χ2v) is 12.3. The van der Waals surface area contributed by atoms with Crippen molar-refractivity contribution in [3.8, 4) is 11.3 Å². The van der Waals surface area contributed by atoms with Crippen molar-refractivity contribution in [3.63, 3.8) is 0 Å². The lowest BCUT2D eigenvalue weighted by Gasteiger charge is -2.31. The van der Waals surface area contributed by atoms with Crippen LogP contribution in [-0.4, -0.2) is 58.5 Å². The molecule has 0 radical (unpaired) electrons. The zero-order valence-electron chi connectivity index (χ0n) is 19.3. The highest BCUT2D eigenvalue weighted by molar-refractivity contribution is 7.90. The number of aryl methyl sites for hydroxylation is 1. The highest BCUT2D eigenvalue weighted by Gasteiger charge is 2.45. The Morgan fingerprint density at radius 3 is 2.32 bits per heavy atom. The molecule has 0 spiro atoms. The number of nitrogens with zero attached hydrogens (tertiary/aromatic N) is 1. The lowest BCUT2D eigenvalue weighted by Crippen LogP contribution is -2.45. The Hall–Kier alpha value is -2.70. The maximum atomic E-state index is 13.4. The van der Waals surface area contributed by atoms with E-state index >= 15 is 0 Å². The molecule has 3 atom stereocenters. The number of aromatic nitrogens is 1. The Bertz CT molecular complexity index is 1390. The molecule has 1 aliphatic carbocycles. The minimum atomic E-state index is -3.76. The molecule has 0 amide bonds. The van der Waals surface area contributed by atoms with E-state index in [2.05, 4.69) is 5.16 Å². The quantitative estimate of drug-likeness (QED) is 0.306. The molecule has 1 aromatic carbocycles. The predicted molar refractivity (Wildman–Crippen MR) is 120 cm³/mol. The van der Waals surface area contributed by atoms with Gasteiger partial charge in [-0.3, -0.25) is 18.6 Å². The topological polar surface area (TPSA) is 155 Å². The maximum absolute atomic E-state index is 13.4. The van der Waals surface area contributed by atoms with Crippen molar-refractivity contribution in [1.29, 1.82) is 0 Å². The van der Waals surface area contributed by atoms with Gasteiger partial charge in [-0.15, -0.1) is 0 Å². The van der Waals surface area contributed by atoms with E-state index in [0.29, 0.717) is 5.69 Å². The number of Topliss-reactive ketones (excluding diaryl/α,β-unsaturated/α-hetero) is 3. The molecule has 10 nitrogen and oxygen atoms in total. The van der Waals surface area contributed by atoms with Crippen LogP contribution in [0.4, 0.5) is 0 Å². The van der Waals surface area contributed by atoms with Crippen molar-refractivity contribution >= 4 is 37.3 Å². The van der Waals surface area contributed by atoms with Gasteiger partial charge in [-0.25, -0.2) is 8.42 Å². The summed E-state index contributed by atoms with van der Waals surface area (Å²) in [6.07, 6.45) is 1.69. The number of carbonyl (C=O) groups is 3. The Morgan fingerprint density at radius 2 is 1.79 bits per heavy atom. The third-order valence-electron chi connectivity index (χ3n) is 5.95. The smallest absolute Gasteiger partial charge is 0.264 e. The standard InChI is InChI=1S/C22H25NO9S2/c1-11-8-17(32-23-11)19-13(3)15(6-7-18(19)33(4,27)28)22(26)20-16(24)9-14(12(2)21(20)25)10-31-34(5,29)30/h6-8,12,14,20H,9-10H2,1-5H3. The number of carbonyl (C=O) groups excluding carboxylic acids is 3. The summed E-state index contributed by atoms with van der Waals surface area (Å²) >= 11 is 0. The number of benzene rings is 1. The van der Waals surface area contributed by atoms with E-state index < -0.39 is 55.1 Å². The summed E-state index contributed by atoms with van der Waals surface area (Å²) < 4.78 is 57.3. The van der Waals surface area contributed by atoms with Crippen LogP contribution in [0.15, 0.2) is 27.6 Å². The summed E-state index contributed by atoms with van der Waals surface area (Å²) in [4.78, 5) is 39.2. The number of hydrogen-bond donors (Lipinski definition) is 0. The molecule has 0 aliphatic heterocycles. The molecule has 3 rings (SSSR count). The molecule has 34 heavy (non-hydrogen) atoms. The fourth-order valence-corrected chi connectivity index (χ4v) is 5.46. The molecule has 1 fully saturated rings. The van der Waals surface area contributed by atoms with Crippen LogP contribution < -0.4 is 0 Å². The average Bonchev–Trinajstić information content (AvgIpc) is 3.13. The summed E-state index contributed by atoms with van der Waals surface area (Å²) in [7, 11) is -7.47. The van der Waals surface area contributed by atoms with Crippen LogP contribution in [0.2, 0.25) is 0 Å². The minimum absolute atomic E-state index is 0.0150. The zero-order chi connectivity index (χ0) is 25.6. The van der Waals surface area contributed by atoms with Gasteiger partial charge in [-0.1, -0.05) is 12.1 Å². The van der Waals surface area contributed by atoms with Crippen LogP contribution in [-0.2, 0) is 33.7 Å². The maximum Gasteiger partial charge on any atom is 0.264 e. The normalized spacial score (nSPS) is 21.6. The summed E-state index contributed by atoms with van der Waals surface area (Å²) in [5.74, 6) is -4.93. The van der Waals surface area contributed by atoms with E-state index in [1.807, 2.05) is 0 Å². The summed E-state index contributed by atoms with van der Waals surface area (Å²) in [5.41, 5.74) is 0.887. The van der Waals surface area contributed by atoms with Crippen LogP contribution in [0.3, 0.4) is 0 Å². The van der Waals surface area contributed by atoms with Crippen LogP contribution in [0.5, 0.6) is 0 Å². The van der Waals surface area contributed by atoms with Gasteiger partial charge in [0.1, 0.15) is 5.92 Å².